The highest BCUT2D eigenvalue weighted by Crippen LogP contribution is 2.21. The van der Waals surface area contributed by atoms with Crippen molar-refractivity contribution in [1.29, 1.82) is 0 Å². The first-order chi connectivity index (χ1) is 7.25. The molecule has 2 nitrogen and oxygen atoms in total. The van der Waals surface area contributed by atoms with Gasteiger partial charge in [-0.05, 0) is 31.0 Å². The van der Waals surface area contributed by atoms with Gasteiger partial charge in [0.2, 0.25) is 0 Å². The Morgan fingerprint density at radius 2 is 2.07 bits per heavy atom. The smallest absolute Gasteiger partial charge is 0.0949 e. The van der Waals surface area contributed by atoms with Crippen LogP contribution in [0.25, 0.3) is 0 Å². The van der Waals surface area contributed by atoms with Crippen LogP contribution in [0.1, 0.15) is 25.0 Å². The maximum Gasteiger partial charge on any atom is 0.0949 e. The van der Waals surface area contributed by atoms with E-state index >= 15 is 0 Å². The molecule has 82 valence electrons. The van der Waals surface area contributed by atoms with E-state index < -0.39 is 0 Å². The van der Waals surface area contributed by atoms with Gasteiger partial charge in [-0.25, -0.2) is 0 Å². The molecule has 0 aromatic heterocycles. The van der Waals surface area contributed by atoms with E-state index in [2.05, 4.69) is 52.4 Å². The minimum absolute atomic E-state index is 0.197. The first-order valence-corrected chi connectivity index (χ1v) is 6.15. The lowest BCUT2D eigenvalue weighted by atomic mass is 10.1. The predicted octanol–water partition coefficient (Wildman–Crippen LogP) is 2.89. The summed E-state index contributed by atoms with van der Waals surface area (Å²) in [4.78, 5) is 0. The number of nitrogens with one attached hydrogen (secondary N) is 1. The molecule has 2 rings (SSSR count). The monoisotopic (exact) mass is 269 g/mol. The molecule has 3 heteroatoms. The summed E-state index contributed by atoms with van der Waals surface area (Å²) in [5.74, 6) is 0. The Morgan fingerprint density at radius 1 is 1.33 bits per heavy atom. The molecule has 1 aliphatic rings. The molecular formula is C12H16BrNO. The Hall–Kier alpha value is -0.380. The summed E-state index contributed by atoms with van der Waals surface area (Å²) in [7, 11) is 0. The van der Waals surface area contributed by atoms with E-state index in [4.69, 9.17) is 4.74 Å². The molecule has 1 fully saturated rings. The predicted molar refractivity (Wildman–Crippen MR) is 64.9 cm³/mol. The van der Waals surface area contributed by atoms with Crippen molar-refractivity contribution in [3.8, 4) is 0 Å². The Bertz CT molecular complexity index is 312. The highest BCUT2D eigenvalue weighted by molar-refractivity contribution is 9.10. The average Bonchev–Trinajstić information content (AvgIpc) is 2.44. The fraction of sp³-hybridized carbons (Fsp3) is 0.500. The van der Waals surface area contributed by atoms with E-state index in [0.717, 1.165) is 24.0 Å². The van der Waals surface area contributed by atoms with E-state index in [-0.39, 0.29) is 6.10 Å². The van der Waals surface area contributed by atoms with Crippen molar-refractivity contribution in [2.24, 2.45) is 0 Å². The van der Waals surface area contributed by atoms with Crippen molar-refractivity contribution in [2.45, 2.75) is 25.5 Å². The second kappa shape index (κ2) is 5.10. The number of benzene rings is 1. The summed E-state index contributed by atoms with van der Waals surface area (Å²) in [5.41, 5.74) is 1.25. The van der Waals surface area contributed by atoms with Crippen LogP contribution in [-0.2, 0) is 4.74 Å². The second-order valence-electron chi connectivity index (χ2n) is 4.01. The van der Waals surface area contributed by atoms with Gasteiger partial charge in [0, 0.05) is 23.7 Å². The van der Waals surface area contributed by atoms with E-state index in [1.807, 2.05) is 0 Å². The Balaban J connectivity index is 2.06. The Morgan fingerprint density at radius 3 is 2.80 bits per heavy atom. The largest absolute Gasteiger partial charge is 0.372 e. The van der Waals surface area contributed by atoms with Gasteiger partial charge in [-0.2, -0.15) is 0 Å². The zero-order valence-corrected chi connectivity index (χ0v) is 10.5. The summed E-state index contributed by atoms with van der Waals surface area (Å²) < 4.78 is 6.93. The van der Waals surface area contributed by atoms with Gasteiger partial charge in [-0.1, -0.05) is 28.1 Å². The summed E-state index contributed by atoms with van der Waals surface area (Å²) in [6.45, 7) is 3.95. The van der Waals surface area contributed by atoms with Gasteiger partial charge in [-0.15, -0.1) is 0 Å². The number of halogens is 1. The third kappa shape index (κ3) is 3.03. The highest BCUT2D eigenvalue weighted by atomic mass is 79.9. The van der Waals surface area contributed by atoms with Crippen LogP contribution in [0.4, 0.5) is 0 Å². The summed E-state index contributed by atoms with van der Waals surface area (Å²) in [6.07, 6.45) is 1.29. The maximum atomic E-state index is 5.82. The van der Waals surface area contributed by atoms with E-state index in [1.54, 1.807) is 0 Å². The van der Waals surface area contributed by atoms with Crippen molar-refractivity contribution in [1.82, 2.24) is 5.32 Å². The lowest BCUT2D eigenvalue weighted by Crippen LogP contribution is -2.27. The number of ether oxygens (including phenoxy) is 1. The van der Waals surface area contributed by atoms with Crippen LogP contribution >= 0.6 is 15.9 Å². The van der Waals surface area contributed by atoms with Crippen LogP contribution in [0.3, 0.4) is 0 Å². The summed E-state index contributed by atoms with van der Waals surface area (Å²) in [6, 6.07) is 8.92. The Kier molecular flexibility index (Phi) is 3.78. The van der Waals surface area contributed by atoms with Crippen LogP contribution in [0.15, 0.2) is 28.7 Å². The number of hydrogen-bond donors (Lipinski definition) is 1. The highest BCUT2D eigenvalue weighted by Gasteiger charge is 2.17. The fourth-order valence-corrected chi connectivity index (χ4v) is 2.01. The molecule has 1 aromatic carbocycles. The molecule has 0 aliphatic carbocycles. The second-order valence-corrected chi connectivity index (χ2v) is 4.92. The molecule has 0 spiro atoms. The molecule has 1 saturated heterocycles. The van der Waals surface area contributed by atoms with Gasteiger partial charge in [0.1, 0.15) is 0 Å². The minimum atomic E-state index is 0.197. The number of hydrogen-bond acceptors (Lipinski definition) is 2. The third-order valence-electron chi connectivity index (χ3n) is 2.76. The van der Waals surface area contributed by atoms with Crippen molar-refractivity contribution >= 4 is 15.9 Å². The molecule has 0 saturated carbocycles. The lowest BCUT2D eigenvalue weighted by molar-refractivity contribution is 0.0664. The molecule has 1 aromatic rings. The fourth-order valence-electron chi connectivity index (χ4n) is 1.75. The summed E-state index contributed by atoms with van der Waals surface area (Å²) >= 11 is 3.44. The quantitative estimate of drug-likeness (QED) is 0.847. The molecule has 1 aliphatic heterocycles. The van der Waals surface area contributed by atoms with Gasteiger partial charge >= 0.3 is 0 Å². The first-order valence-electron chi connectivity index (χ1n) is 5.36. The van der Waals surface area contributed by atoms with Crippen molar-refractivity contribution < 1.29 is 4.74 Å². The summed E-state index contributed by atoms with van der Waals surface area (Å²) in [5, 5.41) is 3.47. The lowest BCUT2D eigenvalue weighted by Gasteiger charge is -2.15. The van der Waals surface area contributed by atoms with Crippen LogP contribution in [0, 0.1) is 0 Å². The molecule has 2 atom stereocenters. The zero-order chi connectivity index (χ0) is 10.7. The zero-order valence-electron chi connectivity index (χ0n) is 8.87. The van der Waals surface area contributed by atoms with Gasteiger partial charge < -0.3 is 10.1 Å². The minimum Gasteiger partial charge on any atom is -0.372 e. The van der Waals surface area contributed by atoms with Crippen molar-refractivity contribution in [2.75, 3.05) is 13.2 Å². The van der Waals surface area contributed by atoms with Crippen molar-refractivity contribution in [3.05, 3.63) is 34.3 Å². The average molecular weight is 270 g/mol. The van der Waals surface area contributed by atoms with Crippen LogP contribution in [0.2, 0.25) is 0 Å². The molecule has 1 N–H and O–H groups in total. The van der Waals surface area contributed by atoms with E-state index in [0.29, 0.717) is 6.04 Å². The van der Waals surface area contributed by atoms with Crippen molar-refractivity contribution in [3.63, 3.8) is 0 Å². The third-order valence-corrected chi connectivity index (χ3v) is 3.29. The molecule has 15 heavy (non-hydrogen) atoms. The molecule has 1 heterocycles. The van der Waals surface area contributed by atoms with E-state index in [1.165, 1.54) is 5.56 Å². The first kappa shape index (κ1) is 11.1. The van der Waals surface area contributed by atoms with Crippen LogP contribution in [-0.4, -0.2) is 19.2 Å². The molecule has 0 amide bonds. The van der Waals surface area contributed by atoms with Crippen LogP contribution in [0.5, 0.6) is 0 Å². The SMILES string of the molecule is CC1CCOC(c2ccc(Br)cc2)CN1. The molecule has 0 radical (unpaired) electrons. The molecular weight excluding hydrogens is 254 g/mol. The molecule has 0 bridgehead atoms. The van der Waals surface area contributed by atoms with E-state index in [9.17, 15) is 0 Å². The number of rotatable bonds is 1. The topological polar surface area (TPSA) is 21.3 Å². The van der Waals surface area contributed by atoms with Crippen LogP contribution < -0.4 is 5.32 Å². The normalized spacial score (nSPS) is 27.3. The molecule has 2 unspecified atom stereocenters. The maximum absolute atomic E-state index is 5.82. The van der Waals surface area contributed by atoms with Gasteiger partial charge in [-0.3, -0.25) is 0 Å². The van der Waals surface area contributed by atoms with Gasteiger partial charge in [0.05, 0.1) is 6.10 Å². The van der Waals surface area contributed by atoms with Gasteiger partial charge in [0.25, 0.3) is 0 Å². The standard InChI is InChI=1S/C12H16BrNO/c1-9-6-7-15-12(8-14-9)10-2-4-11(13)5-3-10/h2-5,9,12,14H,6-8H2,1H3. The Labute approximate surface area is 99.1 Å². The van der Waals surface area contributed by atoms with Gasteiger partial charge in [0.15, 0.2) is 0 Å².